The molecule has 1 rings (SSSR count). The molecule has 21 heavy (non-hydrogen) atoms. The summed E-state index contributed by atoms with van der Waals surface area (Å²) in [5.41, 5.74) is -0.999. The molecule has 0 spiro atoms. The van der Waals surface area contributed by atoms with Crippen molar-refractivity contribution in [2.45, 2.75) is 38.9 Å². The highest BCUT2D eigenvalue weighted by Gasteiger charge is 2.31. The van der Waals surface area contributed by atoms with Gasteiger partial charge < -0.3 is 10.0 Å². The maximum absolute atomic E-state index is 13.9. The smallest absolute Gasteiger partial charge is 0.416 e. The molecule has 0 fully saturated rings. The first-order valence-electron chi connectivity index (χ1n) is 6.48. The van der Waals surface area contributed by atoms with Gasteiger partial charge in [-0.1, -0.05) is 0 Å². The molecule has 0 saturated heterocycles. The van der Waals surface area contributed by atoms with Crippen molar-refractivity contribution in [2.24, 2.45) is 0 Å². The number of carboxylic acid groups (broad SMARTS) is 1. The molecule has 0 bridgehead atoms. The van der Waals surface area contributed by atoms with Crippen molar-refractivity contribution < 1.29 is 27.5 Å². The lowest BCUT2D eigenvalue weighted by Crippen LogP contribution is -2.33. The Morgan fingerprint density at radius 3 is 2.38 bits per heavy atom. The second kappa shape index (κ2) is 6.78. The Hall–Kier alpha value is -1.79. The maximum Gasteiger partial charge on any atom is 0.416 e. The number of carboxylic acids is 1. The van der Waals surface area contributed by atoms with Gasteiger partial charge in [0.25, 0.3) is 0 Å². The van der Waals surface area contributed by atoms with Crippen molar-refractivity contribution in [3.05, 3.63) is 29.6 Å². The molecule has 1 aromatic carbocycles. The fourth-order valence-corrected chi connectivity index (χ4v) is 1.97. The van der Waals surface area contributed by atoms with Crippen LogP contribution in [-0.2, 0) is 11.0 Å². The van der Waals surface area contributed by atoms with E-state index < -0.39 is 23.5 Å². The summed E-state index contributed by atoms with van der Waals surface area (Å²) < 4.78 is 51.4. The zero-order valence-corrected chi connectivity index (χ0v) is 11.7. The summed E-state index contributed by atoms with van der Waals surface area (Å²) in [5.74, 6) is -1.93. The summed E-state index contributed by atoms with van der Waals surface area (Å²) in [6.45, 7) is 3.78. The van der Waals surface area contributed by atoms with E-state index in [1.807, 2.05) is 0 Å². The molecular formula is C14H17F4NO2. The molecule has 0 unspecified atom stereocenters. The molecule has 0 radical (unpaired) electrons. The number of aliphatic carboxylic acids is 1. The zero-order chi connectivity index (χ0) is 16.2. The highest BCUT2D eigenvalue weighted by Crippen LogP contribution is 2.32. The predicted octanol–water partition coefficient (Wildman–Crippen LogP) is 3.92. The standard InChI is InChI=1S/C14H17F4NO2/c1-9(2)19(7-3-4-13(20)21)12-6-5-10(8-11(12)15)14(16,17)18/h5-6,8-9H,3-4,7H2,1-2H3,(H,20,21). The van der Waals surface area contributed by atoms with Crippen LogP contribution in [0.15, 0.2) is 18.2 Å². The Bertz CT molecular complexity index is 500. The zero-order valence-electron chi connectivity index (χ0n) is 11.7. The Balaban J connectivity index is 2.96. The molecule has 1 N–H and O–H groups in total. The molecule has 0 saturated carbocycles. The molecule has 1 aromatic rings. The number of benzene rings is 1. The van der Waals surface area contributed by atoms with E-state index in [4.69, 9.17) is 5.11 Å². The predicted molar refractivity (Wildman–Crippen MR) is 70.8 cm³/mol. The van der Waals surface area contributed by atoms with Gasteiger partial charge in [-0.2, -0.15) is 13.2 Å². The van der Waals surface area contributed by atoms with Crippen molar-refractivity contribution >= 4 is 11.7 Å². The molecule has 0 aliphatic heterocycles. The van der Waals surface area contributed by atoms with E-state index in [0.29, 0.717) is 6.07 Å². The second-order valence-corrected chi connectivity index (χ2v) is 4.95. The van der Waals surface area contributed by atoms with Gasteiger partial charge in [0.15, 0.2) is 0 Å². The quantitative estimate of drug-likeness (QED) is 0.810. The molecule has 0 atom stereocenters. The monoisotopic (exact) mass is 307 g/mol. The van der Waals surface area contributed by atoms with Crippen molar-refractivity contribution in [3.8, 4) is 0 Å². The van der Waals surface area contributed by atoms with Crippen LogP contribution < -0.4 is 4.90 Å². The average Bonchev–Trinajstić information content (AvgIpc) is 2.33. The van der Waals surface area contributed by atoms with Gasteiger partial charge >= 0.3 is 12.1 Å². The number of nitrogens with zero attached hydrogens (tertiary/aromatic N) is 1. The van der Waals surface area contributed by atoms with Crippen LogP contribution in [0.1, 0.15) is 32.3 Å². The molecule has 0 aliphatic carbocycles. The summed E-state index contributed by atoms with van der Waals surface area (Å²) in [5, 5.41) is 8.60. The first-order valence-corrected chi connectivity index (χ1v) is 6.48. The first-order chi connectivity index (χ1) is 9.62. The van der Waals surface area contributed by atoms with Crippen LogP contribution in [0.3, 0.4) is 0 Å². The van der Waals surface area contributed by atoms with Gasteiger partial charge in [0.05, 0.1) is 11.3 Å². The highest BCUT2D eigenvalue weighted by atomic mass is 19.4. The summed E-state index contributed by atoms with van der Waals surface area (Å²) in [4.78, 5) is 12.0. The van der Waals surface area contributed by atoms with E-state index in [9.17, 15) is 22.4 Å². The van der Waals surface area contributed by atoms with Gasteiger partial charge in [0, 0.05) is 19.0 Å². The molecular weight excluding hydrogens is 290 g/mol. The fourth-order valence-electron chi connectivity index (χ4n) is 1.97. The van der Waals surface area contributed by atoms with Gasteiger partial charge in [-0.15, -0.1) is 0 Å². The third-order valence-corrected chi connectivity index (χ3v) is 3.00. The maximum atomic E-state index is 13.9. The lowest BCUT2D eigenvalue weighted by Gasteiger charge is -2.29. The average molecular weight is 307 g/mol. The number of carbonyl (C=O) groups is 1. The number of alkyl halides is 3. The molecule has 3 nitrogen and oxygen atoms in total. The van der Waals surface area contributed by atoms with Crippen LogP contribution in [0.25, 0.3) is 0 Å². The molecule has 7 heteroatoms. The van der Waals surface area contributed by atoms with Gasteiger partial charge in [0.2, 0.25) is 0 Å². The largest absolute Gasteiger partial charge is 0.481 e. The highest BCUT2D eigenvalue weighted by molar-refractivity contribution is 5.66. The Morgan fingerprint density at radius 1 is 1.33 bits per heavy atom. The number of hydrogen-bond acceptors (Lipinski definition) is 2. The Morgan fingerprint density at radius 2 is 1.95 bits per heavy atom. The lowest BCUT2D eigenvalue weighted by atomic mass is 10.1. The Labute approximate surface area is 120 Å². The van der Waals surface area contributed by atoms with Gasteiger partial charge in [-0.05, 0) is 38.5 Å². The lowest BCUT2D eigenvalue weighted by molar-refractivity contribution is -0.138. The minimum Gasteiger partial charge on any atom is -0.481 e. The van der Waals surface area contributed by atoms with E-state index in [0.717, 1.165) is 12.1 Å². The summed E-state index contributed by atoms with van der Waals surface area (Å²) >= 11 is 0. The Kier molecular flexibility index (Phi) is 5.57. The third kappa shape index (κ3) is 4.91. The minimum absolute atomic E-state index is 0.0448. The van der Waals surface area contributed by atoms with Crippen LogP contribution >= 0.6 is 0 Å². The SMILES string of the molecule is CC(C)N(CCCC(=O)O)c1ccc(C(F)(F)F)cc1F. The number of hydrogen-bond donors (Lipinski definition) is 1. The minimum atomic E-state index is -4.59. The van der Waals surface area contributed by atoms with Gasteiger partial charge in [0.1, 0.15) is 5.82 Å². The van der Waals surface area contributed by atoms with Crippen molar-refractivity contribution in [1.29, 1.82) is 0 Å². The number of anilines is 1. The molecule has 0 aromatic heterocycles. The molecule has 0 aliphatic rings. The van der Waals surface area contributed by atoms with Crippen LogP contribution in [0.5, 0.6) is 0 Å². The number of rotatable bonds is 6. The van der Waals surface area contributed by atoms with E-state index >= 15 is 0 Å². The first kappa shape index (κ1) is 17.3. The van der Waals surface area contributed by atoms with Crippen molar-refractivity contribution in [1.82, 2.24) is 0 Å². The third-order valence-electron chi connectivity index (χ3n) is 3.00. The van der Waals surface area contributed by atoms with Crippen molar-refractivity contribution in [2.75, 3.05) is 11.4 Å². The van der Waals surface area contributed by atoms with E-state index in [1.165, 1.54) is 0 Å². The van der Waals surface area contributed by atoms with Gasteiger partial charge in [-0.25, -0.2) is 4.39 Å². The molecule has 0 heterocycles. The second-order valence-electron chi connectivity index (χ2n) is 4.95. The van der Waals surface area contributed by atoms with Crippen molar-refractivity contribution in [3.63, 3.8) is 0 Å². The van der Waals surface area contributed by atoms with E-state index in [-0.39, 0.29) is 31.1 Å². The topological polar surface area (TPSA) is 40.5 Å². The van der Waals surface area contributed by atoms with Crippen LogP contribution in [0, 0.1) is 5.82 Å². The fraction of sp³-hybridized carbons (Fsp3) is 0.500. The summed E-state index contributed by atoms with van der Waals surface area (Å²) in [7, 11) is 0. The van der Waals surface area contributed by atoms with Gasteiger partial charge in [-0.3, -0.25) is 4.79 Å². The number of halogens is 4. The van der Waals surface area contributed by atoms with E-state index in [2.05, 4.69) is 0 Å². The molecule has 0 amide bonds. The molecule has 118 valence electrons. The van der Waals surface area contributed by atoms with Crippen LogP contribution in [-0.4, -0.2) is 23.7 Å². The summed E-state index contributed by atoms with van der Waals surface area (Å²) in [6.07, 6.45) is -4.38. The normalized spacial score (nSPS) is 11.8. The van der Waals surface area contributed by atoms with E-state index in [1.54, 1.807) is 18.7 Å². The van der Waals surface area contributed by atoms with Crippen LogP contribution in [0.4, 0.5) is 23.2 Å². The summed E-state index contributed by atoms with van der Waals surface area (Å²) in [6, 6.07) is 2.20. The van der Waals surface area contributed by atoms with Crippen LogP contribution in [0.2, 0.25) is 0 Å².